The lowest BCUT2D eigenvalue weighted by molar-refractivity contribution is 0.590. The minimum absolute atomic E-state index is 0.0104. The Kier molecular flexibility index (Phi) is 1.40. The molecule has 1 rings (SSSR count). The van der Waals surface area contributed by atoms with Gasteiger partial charge in [-0.05, 0) is 6.92 Å². The van der Waals surface area contributed by atoms with E-state index in [4.69, 9.17) is 5.73 Å². The quantitative estimate of drug-likeness (QED) is 0.482. The second-order valence-electron chi connectivity index (χ2n) is 1.92. The Bertz CT molecular complexity index is 300. The molecule has 0 radical (unpaired) electrons. The van der Waals surface area contributed by atoms with Crippen molar-refractivity contribution in [3.05, 3.63) is 11.8 Å². The summed E-state index contributed by atoms with van der Waals surface area (Å²) in [6.07, 6.45) is 1.45. The zero-order chi connectivity index (χ0) is 7.78. The highest BCUT2D eigenvalue weighted by molar-refractivity contribution is 7.88. The van der Waals surface area contributed by atoms with E-state index in [2.05, 4.69) is 9.12 Å². The van der Waals surface area contributed by atoms with Crippen LogP contribution in [0, 0.1) is 0 Å². The van der Waals surface area contributed by atoms with Gasteiger partial charge in [-0.15, -0.1) is 4.40 Å². The fraction of sp³-hybridized carbons (Fsp3) is 0.250. The van der Waals surface area contributed by atoms with E-state index in [0.29, 0.717) is 5.70 Å². The van der Waals surface area contributed by atoms with E-state index >= 15 is 0 Å². The lowest BCUT2D eigenvalue weighted by Crippen LogP contribution is -2.28. The van der Waals surface area contributed by atoms with E-state index in [1.165, 1.54) is 6.08 Å². The van der Waals surface area contributed by atoms with Crippen LogP contribution in [0.5, 0.6) is 0 Å². The van der Waals surface area contributed by atoms with E-state index in [-0.39, 0.29) is 5.84 Å². The first-order chi connectivity index (χ1) is 4.49. The number of rotatable bonds is 0. The molecule has 0 aliphatic carbocycles. The van der Waals surface area contributed by atoms with Gasteiger partial charge in [0.1, 0.15) is 5.84 Å². The minimum atomic E-state index is -3.54. The lowest BCUT2D eigenvalue weighted by Gasteiger charge is -2.08. The Hall–Kier alpha value is -1.04. The molecule has 1 aliphatic heterocycles. The van der Waals surface area contributed by atoms with Crippen molar-refractivity contribution in [2.24, 2.45) is 10.1 Å². The van der Waals surface area contributed by atoms with Gasteiger partial charge in [0.05, 0.1) is 0 Å². The van der Waals surface area contributed by atoms with Gasteiger partial charge in [0.15, 0.2) is 0 Å². The van der Waals surface area contributed by atoms with Crippen LogP contribution in [0.25, 0.3) is 0 Å². The molecule has 0 spiro atoms. The van der Waals surface area contributed by atoms with Crippen LogP contribution in [0.1, 0.15) is 6.92 Å². The molecule has 10 heavy (non-hydrogen) atoms. The third-order valence-corrected chi connectivity index (χ3v) is 1.91. The normalized spacial score (nSPS) is 22.5. The summed E-state index contributed by atoms with van der Waals surface area (Å²) in [6.45, 7) is 1.60. The number of nitrogens with zero attached hydrogens (tertiary/aromatic N) is 1. The van der Waals surface area contributed by atoms with Gasteiger partial charge in [0, 0.05) is 11.8 Å². The zero-order valence-electron chi connectivity index (χ0n) is 5.33. The van der Waals surface area contributed by atoms with Crippen molar-refractivity contribution in [1.82, 2.24) is 4.72 Å². The molecular formula is C4H7N3O2S. The molecule has 0 aromatic rings. The zero-order valence-corrected chi connectivity index (χ0v) is 6.14. The van der Waals surface area contributed by atoms with Crippen molar-refractivity contribution in [3.63, 3.8) is 0 Å². The summed E-state index contributed by atoms with van der Waals surface area (Å²) in [6, 6.07) is 0. The fourth-order valence-electron chi connectivity index (χ4n) is 0.643. The molecule has 0 saturated carbocycles. The van der Waals surface area contributed by atoms with E-state index in [1.807, 2.05) is 0 Å². The number of nitrogens with two attached hydrogens (primary N) is 1. The van der Waals surface area contributed by atoms with Gasteiger partial charge in [-0.2, -0.15) is 8.42 Å². The summed E-state index contributed by atoms with van der Waals surface area (Å²) in [5.74, 6) is 0.0104. The van der Waals surface area contributed by atoms with Crippen molar-refractivity contribution < 1.29 is 8.42 Å². The summed E-state index contributed by atoms with van der Waals surface area (Å²) in [5, 5.41) is 0. The molecule has 0 atom stereocenters. The Morgan fingerprint density at radius 3 is 2.70 bits per heavy atom. The highest BCUT2D eigenvalue weighted by atomic mass is 32.2. The third-order valence-electron chi connectivity index (χ3n) is 0.880. The largest absolute Gasteiger partial charge is 0.383 e. The van der Waals surface area contributed by atoms with Crippen LogP contribution in [0.15, 0.2) is 16.2 Å². The molecule has 1 aliphatic rings. The Labute approximate surface area is 58.8 Å². The SMILES string of the molecule is CC1=CC(N)=NS(=O)(=O)N1. The maximum absolute atomic E-state index is 10.7. The average Bonchev–Trinajstić information content (AvgIpc) is 1.54. The van der Waals surface area contributed by atoms with Crippen LogP contribution >= 0.6 is 0 Å². The number of nitrogens with one attached hydrogen (secondary N) is 1. The Morgan fingerprint density at radius 2 is 2.30 bits per heavy atom. The number of hydrogen-bond acceptors (Lipinski definition) is 3. The van der Waals surface area contributed by atoms with Crippen molar-refractivity contribution in [2.75, 3.05) is 0 Å². The molecule has 0 amide bonds. The average molecular weight is 161 g/mol. The number of allylic oxidation sites excluding steroid dienone is 1. The monoisotopic (exact) mass is 161 g/mol. The molecule has 0 bridgehead atoms. The van der Waals surface area contributed by atoms with Crippen LogP contribution in [-0.2, 0) is 10.2 Å². The van der Waals surface area contributed by atoms with E-state index in [0.717, 1.165) is 0 Å². The van der Waals surface area contributed by atoms with Crippen molar-refractivity contribution in [1.29, 1.82) is 0 Å². The van der Waals surface area contributed by atoms with Crippen LogP contribution < -0.4 is 10.5 Å². The van der Waals surface area contributed by atoms with Gasteiger partial charge < -0.3 is 5.73 Å². The minimum Gasteiger partial charge on any atom is -0.383 e. The van der Waals surface area contributed by atoms with Crippen molar-refractivity contribution >= 4 is 16.0 Å². The maximum Gasteiger partial charge on any atom is 0.343 e. The summed E-state index contributed by atoms with van der Waals surface area (Å²) in [5.41, 5.74) is 5.63. The number of hydrogen-bond donors (Lipinski definition) is 2. The predicted octanol–water partition coefficient (Wildman–Crippen LogP) is -0.905. The highest BCUT2D eigenvalue weighted by Gasteiger charge is 2.12. The molecule has 0 fully saturated rings. The Balaban J connectivity index is 3.11. The molecular weight excluding hydrogens is 154 g/mol. The van der Waals surface area contributed by atoms with Gasteiger partial charge in [-0.25, -0.2) is 0 Å². The van der Waals surface area contributed by atoms with Gasteiger partial charge in [0.25, 0.3) is 0 Å². The standard InChI is InChI=1S/C4H7N3O2S/c1-3-2-4(5)7-10(8,9)6-3/h2,6H,1H3,(H2,5,7). The summed E-state index contributed by atoms with van der Waals surface area (Å²) in [4.78, 5) is 0. The first kappa shape index (κ1) is 7.07. The molecule has 0 aromatic carbocycles. The van der Waals surface area contributed by atoms with Crippen LogP contribution in [0.2, 0.25) is 0 Å². The molecule has 1 heterocycles. The molecule has 0 aromatic heterocycles. The highest BCUT2D eigenvalue weighted by Crippen LogP contribution is 1.99. The second kappa shape index (κ2) is 1.98. The van der Waals surface area contributed by atoms with E-state index in [9.17, 15) is 8.42 Å². The molecule has 56 valence electrons. The van der Waals surface area contributed by atoms with E-state index in [1.54, 1.807) is 6.92 Å². The summed E-state index contributed by atoms with van der Waals surface area (Å²) in [7, 11) is -3.54. The summed E-state index contributed by atoms with van der Waals surface area (Å²) >= 11 is 0. The Morgan fingerprint density at radius 1 is 1.70 bits per heavy atom. The lowest BCUT2D eigenvalue weighted by atomic mass is 10.4. The molecule has 3 N–H and O–H groups in total. The third kappa shape index (κ3) is 1.47. The molecule has 0 saturated heterocycles. The van der Waals surface area contributed by atoms with Crippen molar-refractivity contribution in [3.8, 4) is 0 Å². The van der Waals surface area contributed by atoms with E-state index < -0.39 is 10.2 Å². The topological polar surface area (TPSA) is 84.5 Å². The smallest absolute Gasteiger partial charge is 0.343 e. The maximum atomic E-state index is 10.7. The van der Waals surface area contributed by atoms with Crippen molar-refractivity contribution in [2.45, 2.75) is 6.92 Å². The van der Waals surface area contributed by atoms with Gasteiger partial charge in [-0.1, -0.05) is 0 Å². The molecule has 0 unspecified atom stereocenters. The van der Waals surface area contributed by atoms with Gasteiger partial charge in [-0.3, -0.25) is 4.72 Å². The first-order valence-electron chi connectivity index (χ1n) is 2.56. The second-order valence-corrected chi connectivity index (χ2v) is 3.26. The molecule has 5 nitrogen and oxygen atoms in total. The predicted molar refractivity (Wildman–Crippen MR) is 37.4 cm³/mol. The van der Waals surface area contributed by atoms with Crippen LogP contribution in [-0.4, -0.2) is 14.3 Å². The van der Waals surface area contributed by atoms with Gasteiger partial charge >= 0.3 is 10.2 Å². The first-order valence-corrected chi connectivity index (χ1v) is 4.00. The van der Waals surface area contributed by atoms with Crippen LogP contribution in [0.4, 0.5) is 0 Å². The van der Waals surface area contributed by atoms with Gasteiger partial charge in [0.2, 0.25) is 0 Å². The van der Waals surface area contributed by atoms with Crippen LogP contribution in [0.3, 0.4) is 0 Å². The molecule has 6 heteroatoms. The summed E-state index contributed by atoms with van der Waals surface area (Å²) < 4.78 is 26.6. The number of amidine groups is 1. The fourth-order valence-corrected chi connectivity index (χ4v) is 1.48.